The summed E-state index contributed by atoms with van der Waals surface area (Å²) in [6.07, 6.45) is -1.15. The van der Waals surface area contributed by atoms with Gasteiger partial charge < -0.3 is 14.5 Å². The van der Waals surface area contributed by atoms with Crippen molar-refractivity contribution in [2.24, 2.45) is 0 Å². The largest absolute Gasteiger partial charge is 0.449 e. The van der Waals surface area contributed by atoms with Crippen molar-refractivity contribution < 1.29 is 18.7 Å². The summed E-state index contributed by atoms with van der Waals surface area (Å²) in [6.45, 7) is 1.39. The van der Waals surface area contributed by atoms with Crippen molar-refractivity contribution in [2.45, 2.75) is 13.0 Å². The van der Waals surface area contributed by atoms with Crippen LogP contribution in [0, 0.1) is 0 Å². The third kappa shape index (κ3) is 4.30. The zero-order valence-corrected chi connectivity index (χ0v) is 15.5. The van der Waals surface area contributed by atoms with Gasteiger partial charge in [0.1, 0.15) is 5.58 Å². The van der Waals surface area contributed by atoms with E-state index in [-0.39, 0.29) is 21.8 Å². The minimum atomic E-state index is -1.15. The second-order valence-corrected chi connectivity index (χ2v) is 6.48. The molecule has 1 heterocycles. The Balaban J connectivity index is 1.73. The summed E-state index contributed by atoms with van der Waals surface area (Å²) < 4.78 is 10.5. The van der Waals surface area contributed by atoms with Crippen molar-refractivity contribution in [1.82, 2.24) is 0 Å². The van der Waals surface area contributed by atoms with E-state index in [1.54, 1.807) is 30.3 Å². The number of amides is 1. The van der Waals surface area contributed by atoms with Crippen molar-refractivity contribution in [2.75, 3.05) is 5.32 Å². The van der Waals surface area contributed by atoms with Crippen LogP contribution in [-0.4, -0.2) is 18.0 Å². The van der Waals surface area contributed by atoms with Gasteiger partial charge >= 0.3 is 5.97 Å². The molecule has 3 aromatic rings. The van der Waals surface area contributed by atoms with Crippen molar-refractivity contribution in [3.05, 3.63) is 74.6 Å². The Hall–Kier alpha value is -2.83. The van der Waals surface area contributed by atoms with E-state index >= 15 is 0 Å². The molecule has 1 atom stereocenters. The fraction of sp³-hybridized carbons (Fsp3) is 0.105. The van der Waals surface area contributed by atoms with Gasteiger partial charge in [0.15, 0.2) is 11.5 Å². The van der Waals surface area contributed by atoms with Crippen LogP contribution in [0.3, 0.4) is 0 Å². The predicted octanol–water partition coefficient (Wildman–Crippen LogP) is 4.28. The van der Waals surface area contributed by atoms with E-state index in [1.807, 2.05) is 0 Å². The van der Waals surface area contributed by atoms with E-state index in [0.29, 0.717) is 16.1 Å². The van der Waals surface area contributed by atoms with Crippen LogP contribution in [0.15, 0.2) is 57.7 Å². The maximum atomic E-state index is 12.2. The SMILES string of the molecule is CC(OC(=O)c1cc(=O)c2ccccc2o1)C(=O)Nc1ccc(Cl)cc1Cl. The number of esters is 1. The van der Waals surface area contributed by atoms with Gasteiger partial charge in [0, 0.05) is 11.1 Å². The van der Waals surface area contributed by atoms with Crippen molar-refractivity contribution >= 4 is 51.7 Å². The van der Waals surface area contributed by atoms with E-state index in [0.717, 1.165) is 6.07 Å². The van der Waals surface area contributed by atoms with Gasteiger partial charge in [-0.2, -0.15) is 0 Å². The lowest BCUT2D eigenvalue weighted by atomic mass is 10.2. The lowest BCUT2D eigenvalue weighted by Crippen LogP contribution is -2.30. The van der Waals surface area contributed by atoms with Gasteiger partial charge in [-0.05, 0) is 37.3 Å². The minimum Gasteiger partial charge on any atom is -0.449 e. The van der Waals surface area contributed by atoms with Gasteiger partial charge in [0.25, 0.3) is 5.91 Å². The number of hydrogen-bond acceptors (Lipinski definition) is 5. The monoisotopic (exact) mass is 405 g/mol. The van der Waals surface area contributed by atoms with Crippen LogP contribution < -0.4 is 10.7 Å². The zero-order chi connectivity index (χ0) is 19.6. The molecule has 0 spiro atoms. The van der Waals surface area contributed by atoms with Gasteiger partial charge in [0.05, 0.1) is 16.1 Å². The normalized spacial score (nSPS) is 11.8. The van der Waals surface area contributed by atoms with Crippen LogP contribution in [0.5, 0.6) is 0 Å². The molecule has 0 aliphatic rings. The summed E-state index contributed by atoms with van der Waals surface area (Å²) in [7, 11) is 0. The second kappa shape index (κ2) is 7.82. The average Bonchev–Trinajstić information content (AvgIpc) is 2.63. The number of fused-ring (bicyclic) bond motifs is 1. The number of para-hydroxylation sites is 1. The van der Waals surface area contributed by atoms with Crippen LogP contribution in [0.25, 0.3) is 11.0 Å². The number of halogens is 2. The molecule has 6 nitrogen and oxygen atoms in total. The molecule has 0 aliphatic heterocycles. The molecule has 1 unspecified atom stereocenters. The molecule has 0 bridgehead atoms. The fourth-order valence-corrected chi connectivity index (χ4v) is 2.76. The molecule has 0 fully saturated rings. The van der Waals surface area contributed by atoms with Gasteiger partial charge in [-0.15, -0.1) is 0 Å². The molecule has 1 N–H and O–H groups in total. The standard InChI is InChI=1S/C19H13Cl2NO5/c1-10(18(24)22-14-7-6-11(20)8-13(14)21)26-19(25)17-9-15(23)12-4-2-3-5-16(12)27-17/h2-10H,1H3,(H,22,24). The van der Waals surface area contributed by atoms with E-state index in [9.17, 15) is 14.4 Å². The van der Waals surface area contributed by atoms with Gasteiger partial charge in [0.2, 0.25) is 5.76 Å². The maximum Gasteiger partial charge on any atom is 0.375 e. The molecule has 27 heavy (non-hydrogen) atoms. The van der Waals surface area contributed by atoms with Gasteiger partial charge in [-0.3, -0.25) is 9.59 Å². The molecule has 0 saturated carbocycles. The number of hydrogen-bond donors (Lipinski definition) is 1. The highest BCUT2D eigenvalue weighted by Crippen LogP contribution is 2.25. The number of anilines is 1. The summed E-state index contributed by atoms with van der Waals surface area (Å²) in [4.78, 5) is 36.5. The molecule has 3 rings (SSSR count). The lowest BCUT2D eigenvalue weighted by Gasteiger charge is -2.14. The van der Waals surface area contributed by atoms with Gasteiger partial charge in [-0.25, -0.2) is 4.79 Å². The Bertz CT molecular complexity index is 1090. The topological polar surface area (TPSA) is 85.6 Å². The van der Waals surface area contributed by atoms with E-state index < -0.39 is 18.0 Å². The van der Waals surface area contributed by atoms with E-state index in [1.165, 1.54) is 19.1 Å². The third-order valence-corrected chi connectivity index (χ3v) is 4.23. The summed E-state index contributed by atoms with van der Waals surface area (Å²) in [5, 5.41) is 3.55. The van der Waals surface area contributed by atoms with Crippen LogP contribution in [0.2, 0.25) is 10.0 Å². The Morgan fingerprint density at radius 2 is 1.85 bits per heavy atom. The Morgan fingerprint density at radius 3 is 2.59 bits per heavy atom. The molecule has 2 aromatic carbocycles. The molecule has 138 valence electrons. The summed E-state index contributed by atoms with van der Waals surface area (Å²) in [5.74, 6) is -1.82. The first kappa shape index (κ1) is 18.9. The van der Waals surface area contributed by atoms with Crippen LogP contribution >= 0.6 is 23.2 Å². The van der Waals surface area contributed by atoms with Crippen LogP contribution in [0.4, 0.5) is 5.69 Å². The average molecular weight is 406 g/mol. The summed E-state index contributed by atoms with van der Waals surface area (Å²) >= 11 is 11.8. The highest BCUT2D eigenvalue weighted by Gasteiger charge is 2.22. The number of carbonyl (C=O) groups excluding carboxylic acids is 2. The third-order valence-electron chi connectivity index (χ3n) is 3.68. The molecule has 0 radical (unpaired) electrons. The highest BCUT2D eigenvalue weighted by molar-refractivity contribution is 6.36. The van der Waals surface area contributed by atoms with Crippen molar-refractivity contribution in [3.63, 3.8) is 0 Å². The molecule has 1 aromatic heterocycles. The quantitative estimate of drug-likeness (QED) is 0.654. The molecular weight excluding hydrogens is 393 g/mol. The smallest absolute Gasteiger partial charge is 0.375 e. The van der Waals surface area contributed by atoms with Crippen molar-refractivity contribution in [3.8, 4) is 0 Å². The van der Waals surface area contributed by atoms with Crippen molar-refractivity contribution in [1.29, 1.82) is 0 Å². The number of benzene rings is 2. The number of nitrogens with one attached hydrogen (secondary N) is 1. The van der Waals surface area contributed by atoms with E-state index in [4.69, 9.17) is 32.4 Å². The van der Waals surface area contributed by atoms with Crippen LogP contribution in [0.1, 0.15) is 17.5 Å². The number of carbonyl (C=O) groups is 2. The Morgan fingerprint density at radius 1 is 1.11 bits per heavy atom. The molecule has 0 aliphatic carbocycles. The predicted molar refractivity (Wildman–Crippen MR) is 102 cm³/mol. The molecule has 8 heteroatoms. The summed E-state index contributed by atoms with van der Waals surface area (Å²) in [6, 6.07) is 12.1. The van der Waals surface area contributed by atoms with Crippen LogP contribution in [-0.2, 0) is 9.53 Å². The fourth-order valence-electron chi connectivity index (χ4n) is 2.30. The first-order valence-electron chi connectivity index (χ1n) is 7.85. The molecular formula is C19H13Cl2NO5. The summed E-state index contributed by atoms with van der Waals surface area (Å²) in [5.41, 5.74) is 0.196. The highest BCUT2D eigenvalue weighted by atomic mass is 35.5. The van der Waals surface area contributed by atoms with E-state index in [2.05, 4.69) is 5.32 Å². The number of ether oxygens (including phenoxy) is 1. The lowest BCUT2D eigenvalue weighted by molar-refractivity contribution is -0.123. The second-order valence-electron chi connectivity index (χ2n) is 5.63. The van der Waals surface area contributed by atoms with Gasteiger partial charge in [-0.1, -0.05) is 35.3 Å². The first-order chi connectivity index (χ1) is 12.8. The first-order valence-corrected chi connectivity index (χ1v) is 8.60. The Kier molecular flexibility index (Phi) is 5.48. The molecule has 1 amide bonds. The maximum absolute atomic E-state index is 12.2. The Labute approximate surface area is 163 Å². The number of rotatable bonds is 4. The zero-order valence-electron chi connectivity index (χ0n) is 14.0. The molecule has 0 saturated heterocycles. The minimum absolute atomic E-state index is 0.245.